The molecule has 16 heavy (non-hydrogen) atoms. The molecule has 0 rings (SSSR count). The number of aliphatic hydroxyl groups excluding tert-OH is 1. The summed E-state index contributed by atoms with van der Waals surface area (Å²) < 4.78 is 24.4. The van der Waals surface area contributed by atoms with Crippen molar-refractivity contribution in [1.29, 1.82) is 0 Å². The third-order valence-electron chi connectivity index (χ3n) is 2.58. The van der Waals surface area contributed by atoms with Gasteiger partial charge in [0.25, 0.3) is 6.43 Å². The standard InChI is InChI=1S/C10H20F2N2O2/c1-3-7(2)9(13)10(16)14(4-5-15)6-8(11)12/h7-9,15H,3-6,13H2,1-2H3/t7?,9-/m0/s1. The lowest BCUT2D eigenvalue weighted by molar-refractivity contribution is -0.136. The molecule has 0 aromatic carbocycles. The minimum Gasteiger partial charge on any atom is -0.395 e. The van der Waals surface area contributed by atoms with E-state index in [1.54, 1.807) is 6.92 Å². The van der Waals surface area contributed by atoms with Gasteiger partial charge in [0.2, 0.25) is 5.91 Å². The lowest BCUT2D eigenvalue weighted by Crippen LogP contribution is -2.49. The maximum atomic E-state index is 12.2. The molecule has 0 saturated carbocycles. The van der Waals surface area contributed by atoms with Crippen molar-refractivity contribution in [3.63, 3.8) is 0 Å². The molecule has 0 fully saturated rings. The van der Waals surface area contributed by atoms with E-state index < -0.39 is 24.9 Å². The topological polar surface area (TPSA) is 66.6 Å². The monoisotopic (exact) mass is 238 g/mol. The number of hydrogen-bond acceptors (Lipinski definition) is 3. The van der Waals surface area contributed by atoms with Crippen LogP contribution in [0.1, 0.15) is 20.3 Å². The molecule has 0 aliphatic carbocycles. The molecular weight excluding hydrogens is 218 g/mol. The Morgan fingerprint density at radius 2 is 2.06 bits per heavy atom. The summed E-state index contributed by atoms with van der Waals surface area (Å²) in [6.07, 6.45) is -1.91. The lowest BCUT2D eigenvalue weighted by atomic mass is 9.99. The average Bonchev–Trinajstić information content (AvgIpc) is 2.24. The van der Waals surface area contributed by atoms with Crippen LogP contribution in [0.5, 0.6) is 0 Å². The van der Waals surface area contributed by atoms with E-state index in [0.29, 0.717) is 6.42 Å². The predicted octanol–water partition coefficient (Wildman–Crippen LogP) is 0.446. The zero-order chi connectivity index (χ0) is 12.7. The highest BCUT2D eigenvalue weighted by Gasteiger charge is 2.26. The van der Waals surface area contributed by atoms with Crippen LogP contribution in [0.4, 0.5) is 8.78 Å². The number of nitrogens with zero attached hydrogens (tertiary/aromatic N) is 1. The third kappa shape index (κ3) is 4.85. The zero-order valence-electron chi connectivity index (χ0n) is 9.70. The van der Waals surface area contributed by atoms with Gasteiger partial charge in [0, 0.05) is 6.54 Å². The highest BCUT2D eigenvalue weighted by atomic mass is 19.3. The van der Waals surface area contributed by atoms with E-state index in [2.05, 4.69) is 0 Å². The maximum absolute atomic E-state index is 12.2. The quantitative estimate of drug-likeness (QED) is 0.676. The fourth-order valence-electron chi connectivity index (χ4n) is 1.29. The van der Waals surface area contributed by atoms with Crippen molar-refractivity contribution >= 4 is 5.91 Å². The van der Waals surface area contributed by atoms with Crippen molar-refractivity contribution in [3.05, 3.63) is 0 Å². The molecule has 2 atom stereocenters. The molecule has 0 heterocycles. The summed E-state index contributed by atoms with van der Waals surface area (Å²) in [4.78, 5) is 12.6. The molecular formula is C10H20F2N2O2. The number of halogens is 2. The summed E-state index contributed by atoms with van der Waals surface area (Å²) in [5.74, 6) is -0.588. The second-order valence-corrected chi connectivity index (χ2v) is 3.81. The molecule has 0 bridgehead atoms. The van der Waals surface area contributed by atoms with E-state index in [9.17, 15) is 13.6 Å². The molecule has 3 N–H and O–H groups in total. The molecule has 0 radical (unpaired) electrons. The minimum atomic E-state index is -2.61. The first-order chi connectivity index (χ1) is 7.43. The first-order valence-corrected chi connectivity index (χ1v) is 5.37. The van der Waals surface area contributed by atoms with Crippen molar-refractivity contribution in [3.8, 4) is 0 Å². The van der Waals surface area contributed by atoms with Crippen molar-refractivity contribution in [2.45, 2.75) is 32.7 Å². The largest absolute Gasteiger partial charge is 0.395 e. The molecule has 1 amide bonds. The number of rotatable bonds is 7. The molecule has 0 spiro atoms. The summed E-state index contributed by atoms with van der Waals surface area (Å²) in [6.45, 7) is 2.55. The number of alkyl halides is 2. The van der Waals surface area contributed by atoms with Gasteiger partial charge in [0.1, 0.15) is 0 Å². The molecule has 6 heteroatoms. The van der Waals surface area contributed by atoms with E-state index in [0.717, 1.165) is 4.90 Å². The zero-order valence-corrected chi connectivity index (χ0v) is 9.70. The maximum Gasteiger partial charge on any atom is 0.255 e. The summed E-state index contributed by atoms with van der Waals surface area (Å²) in [6, 6.07) is -0.782. The van der Waals surface area contributed by atoms with Crippen molar-refractivity contribution in [2.24, 2.45) is 11.7 Å². The SMILES string of the molecule is CCC(C)[C@H](N)C(=O)N(CCO)CC(F)F. The summed E-state index contributed by atoms with van der Waals surface area (Å²) in [7, 11) is 0. The Hall–Kier alpha value is -0.750. The van der Waals surface area contributed by atoms with Crippen molar-refractivity contribution in [1.82, 2.24) is 4.90 Å². The van der Waals surface area contributed by atoms with Gasteiger partial charge in [-0.1, -0.05) is 20.3 Å². The summed E-state index contributed by atoms with van der Waals surface area (Å²) in [5, 5.41) is 8.70. The smallest absolute Gasteiger partial charge is 0.255 e. The minimum absolute atomic E-state index is 0.0636. The molecule has 1 unspecified atom stereocenters. The fraction of sp³-hybridized carbons (Fsp3) is 0.900. The van der Waals surface area contributed by atoms with Gasteiger partial charge >= 0.3 is 0 Å². The third-order valence-corrected chi connectivity index (χ3v) is 2.58. The average molecular weight is 238 g/mol. The van der Waals surface area contributed by atoms with Crippen LogP contribution in [0.15, 0.2) is 0 Å². The van der Waals surface area contributed by atoms with Gasteiger partial charge in [0.15, 0.2) is 0 Å². The van der Waals surface area contributed by atoms with E-state index in [1.165, 1.54) is 0 Å². The second kappa shape index (κ2) is 7.51. The van der Waals surface area contributed by atoms with Crippen molar-refractivity contribution in [2.75, 3.05) is 19.7 Å². The van der Waals surface area contributed by atoms with Gasteiger partial charge in [-0.25, -0.2) is 8.78 Å². The van der Waals surface area contributed by atoms with Crippen LogP contribution in [0.3, 0.4) is 0 Å². The van der Waals surface area contributed by atoms with Crippen LogP contribution in [0, 0.1) is 5.92 Å². The van der Waals surface area contributed by atoms with E-state index >= 15 is 0 Å². The molecule has 0 aromatic rings. The predicted molar refractivity (Wildman–Crippen MR) is 57.1 cm³/mol. The van der Waals surface area contributed by atoms with E-state index in [4.69, 9.17) is 10.8 Å². The first kappa shape index (κ1) is 15.2. The Bertz CT molecular complexity index is 215. The Balaban J connectivity index is 4.47. The highest BCUT2D eigenvalue weighted by Crippen LogP contribution is 2.09. The number of hydrogen-bond donors (Lipinski definition) is 2. The Morgan fingerprint density at radius 1 is 1.50 bits per heavy atom. The Kier molecular flexibility index (Phi) is 7.16. The van der Waals surface area contributed by atoms with Gasteiger partial charge < -0.3 is 15.7 Å². The molecule has 4 nitrogen and oxygen atoms in total. The number of nitrogens with two attached hydrogens (primary N) is 1. The molecule has 0 saturated heterocycles. The summed E-state index contributed by atoms with van der Waals surface area (Å²) in [5.41, 5.74) is 5.66. The van der Waals surface area contributed by atoms with E-state index in [-0.39, 0.29) is 19.1 Å². The second-order valence-electron chi connectivity index (χ2n) is 3.81. The van der Waals surface area contributed by atoms with Crippen LogP contribution in [0.25, 0.3) is 0 Å². The van der Waals surface area contributed by atoms with Gasteiger partial charge in [-0.15, -0.1) is 0 Å². The fourth-order valence-corrected chi connectivity index (χ4v) is 1.29. The van der Waals surface area contributed by atoms with Crippen LogP contribution >= 0.6 is 0 Å². The van der Waals surface area contributed by atoms with Gasteiger partial charge in [-0.05, 0) is 5.92 Å². The van der Waals surface area contributed by atoms with Gasteiger partial charge in [0.05, 0.1) is 19.2 Å². The highest BCUT2D eigenvalue weighted by molar-refractivity contribution is 5.82. The van der Waals surface area contributed by atoms with Crippen LogP contribution in [0.2, 0.25) is 0 Å². The normalized spacial score (nSPS) is 14.9. The molecule has 0 aromatic heterocycles. The molecule has 0 aliphatic rings. The summed E-state index contributed by atoms with van der Waals surface area (Å²) >= 11 is 0. The number of amides is 1. The lowest BCUT2D eigenvalue weighted by Gasteiger charge is -2.27. The molecule has 0 aliphatic heterocycles. The number of aliphatic hydroxyl groups is 1. The van der Waals surface area contributed by atoms with Crippen LogP contribution in [-0.2, 0) is 4.79 Å². The number of carbonyl (C=O) groups is 1. The van der Waals surface area contributed by atoms with Crippen LogP contribution < -0.4 is 5.73 Å². The molecule has 96 valence electrons. The Labute approximate surface area is 94.4 Å². The number of carbonyl (C=O) groups excluding carboxylic acids is 1. The first-order valence-electron chi connectivity index (χ1n) is 5.37. The van der Waals surface area contributed by atoms with Gasteiger partial charge in [-0.3, -0.25) is 4.79 Å². The van der Waals surface area contributed by atoms with E-state index in [1.807, 2.05) is 6.92 Å². The Morgan fingerprint density at radius 3 is 2.44 bits per heavy atom. The van der Waals surface area contributed by atoms with Crippen molar-refractivity contribution < 1.29 is 18.7 Å². The van der Waals surface area contributed by atoms with Crippen LogP contribution in [-0.4, -0.2) is 48.1 Å². The van der Waals surface area contributed by atoms with Gasteiger partial charge in [-0.2, -0.15) is 0 Å².